The van der Waals surface area contributed by atoms with Gasteiger partial charge in [-0.25, -0.2) is 10.4 Å². The fourth-order valence-electron chi connectivity index (χ4n) is 4.21. The van der Waals surface area contributed by atoms with Crippen LogP contribution in [0.25, 0.3) is 15.9 Å². The van der Waals surface area contributed by atoms with Crippen molar-refractivity contribution in [2.24, 2.45) is 5.10 Å². The third-order valence-electron chi connectivity index (χ3n) is 6.00. The van der Waals surface area contributed by atoms with Crippen molar-refractivity contribution in [2.45, 2.75) is 30.8 Å². The second-order valence-corrected chi connectivity index (χ2v) is 11.2. The standard InChI is InChI=1S/C26H22Cl2N4O3S2/c1-35-16-11-9-15(10-12-16)32-25(34)23-17-5-2-3-8-21(17)37-24(23)30-26(32)36-14-22(33)31-29-13-18-19(27)6-4-7-20(18)28/h4,6-7,9-13H,2-3,5,8,14H2,1H3,(H,31,33). The molecule has 0 aliphatic heterocycles. The molecule has 0 radical (unpaired) electrons. The van der Waals surface area contributed by atoms with Crippen molar-refractivity contribution < 1.29 is 9.53 Å². The summed E-state index contributed by atoms with van der Waals surface area (Å²) in [4.78, 5) is 33.2. The molecular weight excluding hydrogens is 551 g/mol. The Morgan fingerprint density at radius 1 is 1.19 bits per heavy atom. The zero-order chi connectivity index (χ0) is 25.9. The molecular formula is C26H22Cl2N4O3S2. The maximum Gasteiger partial charge on any atom is 0.267 e. The van der Waals surface area contributed by atoms with Crippen LogP contribution in [0.3, 0.4) is 0 Å². The molecule has 0 spiro atoms. The summed E-state index contributed by atoms with van der Waals surface area (Å²) in [5, 5.41) is 5.96. The topological polar surface area (TPSA) is 85.6 Å². The van der Waals surface area contributed by atoms with Gasteiger partial charge in [-0.2, -0.15) is 5.10 Å². The summed E-state index contributed by atoms with van der Waals surface area (Å²) < 4.78 is 6.85. The van der Waals surface area contributed by atoms with Crippen molar-refractivity contribution in [3.05, 3.63) is 78.9 Å². The fraction of sp³-hybridized carbons (Fsp3) is 0.231. The van der Waals surface area contributed by atoms with Crippen molar-refractivity contribution in [1.29, 1.82) is 0 Å². The van der Waals surface area contributed by atoms with Gasteiger partial charge in [-0.05, 0) is 67.6 Å². The number of fused-ring (bicyclic) bond motifs is 3. The van der Waals surface area contributed by atoms with Gasteiger partial charge in [-0.1, -0.05) is 41.0 Å². The van der Waals surface area contributed by atoms with E-state index in [0.717, 1.165) is 36.1 Å². The zero-order valence-electron chi connectivity index (χ0n) is 19.8. The minimum Gasteiger partial charge on any atom is -0.497 e. The lowest BCUT2D eigenvalue weighted by Gasteiger charge is -2.14. The number of hydrazone groups is 1. The Labute approximate surface area is 231 Å². The lowest BCUT2D eigenvalue weighted by atomic mass is 9.97. The van der Waals surface area contributed by atoms with E-state index in [1.807, 2.05) is 12.1 Å². The molecule has 0 bridgehead atoms. The number of nitrogens with one attached hydrogen (secondary N) is 1. The number of halogens is 2. The number of rotatable bonds is 7. The number of thioether (sulfide) groups is 1. The first-order valence-corrected chi connectivity index (χ1v) is 14.1. The summed E-state index contributed by atoms with van der Waals surface area (Å²) in [7, 11) is 1.59. The quantitative estimate of drug-likeness (QED) is 0.129. The van der Waals surface area contributed by atoms with E-state index in [-0.39, 0.29) is 17.2 Å². The van der Waals surface area contributed by atoms with E-state index in [4.69, 9.17) is 32.9 Å². The molecule has 190 valence electrons. The number of aryl methyl sites for hydroxylation is 2. The maximum absolute atomic E-state index is 13.8. The zero-order valence-corrected chi connectivity index (χ0v) is 22.9. The molecule has 1 amide bonds. The van der Waals surface area contributed by atoms with Crippen molar-refractivity contribution in [3.63, 3.8) is 0 Å². The molecule has 1 N–H and O–H groups in total. The highest BCUT2D eigenvalue weighted by Crippen LogP contribution is 2.35. The number of hydrogen-bond donors (Lipinski definition) is 1. The minimum atomic E-state index is -0.356. The van der Waals surface area contributed by atoms with Crippen molar-refractivity contribution >= 4 is 68.6 Å². The van der Waals surface area contributed by atoms with Crippen molar-refractivity contribution in [3.8, 4) is 11.4 Å². The number of aromatic nitrogens is 2. The molecule has 37 heavy (non-hydrogen) atoms. The number of carbonyl (C=O) groups excluding carboxylic acids is 1. The second-order valence-electron chi connectivity index (χ2n) is 8.34. The van der Waals surface area contributed by atoms with Gasteiger partial charge in [0.25, 0.3) is 11.5 Å². The maximum atomic E-state index is 13.8. The SMILES string of the molecule is COc1ccc(-n2c(SCC(=O)NN=Cc3c(Cl)cccc3Cl)nc3sc4c(c3c2=O)CCCC4)cc1. The second kappa shape index (κ2) is 11.3. The highest BCUT2D eigenvalue weighted by atomic mass is 35.5. The molecule has 5 rings (SSSR count). The summed E-state index contributed by atoms with van der Waals surface area (Å²) in [5.74, 6) is 0.335. The first-order valence-electron chi connectivity index (χ1n) is 11.6. The van der Waals surface area contributed by atoms with Crippen LogP contribution < -0.4 is 15.7 Å². The fourth-order valence-corrected chi connectivity index (χ4v) is 6.81. The summed E-state index contributed by atoms with van der Waals surface area (Å²) in [6.45, 7) is 0. The third kappa shape index (κ3) is 5.40. The minimum absolute atomic E-state index is 0.00673. The predicted molar refractivity (Wildman–Crippen MR) is 151 cm³/mol. The molecule has 0 atom stereocenters. The first kappa shape index (κ1) is 25.8. The molecule has 0 unspecified atom stereocenters. The monoisotopic (exact) mass is 572 g/mol. The van der Waals surface area contributed by atoms with E-state index in [0.29, 0.717) is 37.6 Å². The number of ether oxygens (including phenoxy) is 1. The van der Waals surface area contributed by atoms with Gasteiger partial charge in [0.2, 0.25) is 0 Å². The number of amides is 1. The Morgan fingerprint density at radius 3 is 2.65 bits per heavy atom. The molecule has 1 aliphatic rings. The predicted octanol–water partition coefficient (Wildman–Crippen LogP) is 5.88. The van der Waals surface area contributed by atoms with Gasteiger partial charge < -0.3 is 4.74 Å². The highest BCUT2D eigenvalue weighted by molar-refractivity contribution is 7.99. The molecule has 1 aliphatic carbocycles. The number of carbonyl (C=O) groups is 1. The highest BCUT2D eigenvalue weighted by Gasteiger charge is 2.23. The van der Waals surface area contributed by atoms with Gasteiger partial charge in [0, 0.05) is 10.4 Å². The van der Waals surface area contributed by atoms with Crippen LogP contribution >= 0.6 is 46.3 Å². The van der Waals surface area contributed by atoms with E-state index < -0.39 is 0 Å². The first-order chi connectivity index (χ1) is 18.0. The van der Waals surface area contributed by atoms with Gasteiger partial charge in [0.15, 0.2) is 5.16 Å². The Hall–Kier alpha value is -2.85. The molecule has 2 aromatic heterocycles. The van der Waals surface area contributed by atoms with E-state index in [9.17, 15) is 9.59 Å². The normalized spacial score (nSPS) is 13.2. The number of thiophene rings is 1. The third-order valence-corrected chi connectivity index (χ3v) is 8.79. The molecule has 0 fully saturated rings. The lowest BCUT2D eigenvalue weighted by Crippen LogP contribution is -2.24. The molecule has 11 heteroatoms. The van der Waals surface area contributed by atoms with Gasteiger partial charge >= 0.3 is 0 Å². The lowest BCUT2D eigenvalue weighted by molar-refractivity contribution is -0.118. The molecule has 7 nitrogen and oxygen atoms in total. The van der Waals surface area contributed by atoms with Gasteiger partial charge in [-0.15, -0.1) is 11.3 Å². The van der Waals surface area contributed by atoms with Crippen LogP contribution in [0.1, 0.15) is 28.8 Å². The van der Waals surface area contributed by atoms with E-state index in [1.54, 1.807) is 53.3 Å². The van der Waals surface area contributed by atoms with Crippen LogP contribution in [0.4, 0.5) is 0 Å². The Morgan fingerprint density at radius 2 is 1.92 bits per heavy atom. The van der Waals surface area contributed by atoms with Crippen molar-refractivity contribution in [1.82, 2.24) is 15.0 Å². The van der Waals surface area contributed by atoms with Gasteiger partial charge in [-0.3, -0.25) is 14.2 Å². The van der Waals surface area contributed by atoms with E-state index >= 15 is 0 Å². The van der Waals surface area contributed by atoms with Crippen LogP contribution in [0.2, 0.25) is 10.0 Å². The average Bonchev–Trinajstić information content (AvgIpc) is 3.28. The molecule has 0 saturated heterocycles. The van der Waals surface area contributed by atoms with E-state index in [2.05, 4.69) is 10.5 Å². The van der Waals surface area contributed by atoms with Crippen LogP contribution in [0.15, 0.2) is 57.5 Å². The Balaban J connectivity index is 1.44. The summed E-state index contributed by atoms with van der Waals surface area (Å²) in [6.07, 6.45) is 5.44. The van der Waals surface area contributed by atoms with Crippen LogP contribution in [-0.4, -0.2) is 34.5 Å². The molecule has 2 heterocycles. The van der Waals surface area contributed by atoms with Crippen molar-refractivity contribution in [2.75, 3.05) is 12.9 Å². The molecule has 2 aromatic carbocycles. The van der Waals surface area contributed by atoms with E-state index in [1.165, 1.54) is 22.9 Å². The Bertz CT molecular complexity index is 1540. The summed E-state index contributed by atoms with van der Waals surface area (Å²) in [5.41, 5.74) is 4.65. The van der Waals surface area contributed by atoms with Gasteiger partial charge in [0.05, 0.1) is 40.2 Å². The number of benzene rings is 2. The Kier molecular flexibility index (Phi) is 7.85. The smallest absolute Gasteiger partial charge is 0.267 e. The largest absolute Gasteiger partial charge is 0.497 e. The number of methoxy groups -OCH3 is 1. The molecule has 0 saturated carbocycles. The number of nitrogens with zero attached hydrogens (tertiary/aromatic N) is 3. The van der Waals surface area contributed by atoms with Crippen LogP contribution in [-0.2, 0) is 17.6 Å². The van der Waals surface area contributed by atoms with Crippen LogP contribution in [0, 0.1) is 0 Å². The van der Waals surface area contributed by atoms with Gasteiger partial charge in [0.1, 0.15) is 10.6 Å². The average molecular weight is 574 g/mol. The summed E-state index contributed by atoms with van der Waals surface area (Å²) >= 11 is 15.0. The van der Waals surface area contributed by atoms with Crippen LogP contribution in [0.5, 0.6) is 5.75 Å². The molecule has 4 aromatic rings. The number of hydrogen-bond acceptors (Lipinski definition) is 7. The summed E-state index contributed by atoms with van der Waals surface area (Å²) in [6, 6.07) is 12.3.